The normalized spacial score (nSPS) is 16.5. The second-order valence-corrected chi connectivity index (χ2v) is 23.1. The van der Waals surface area contributed by atoms with E-state index in [1.165, 1.54) is 0 Å². The molecule has 4 N–H and O–H groups in total. The Morgan fingerprint density at radius 2 is 0.885 bits per heavy atom. The molecule has 24 heteroatoms. The minimum atomic E-state index is -0.660. The SMILES string of the molecule is C.CCNC(=O)Nc1ccc(-c2nc3c(c(N4CCOCC4)n2)CCN(C(=O)OC(C)(C)C)[C@@H]3CCCC(=O)OCC)cc1.CCNC(=O)Nc1ccc(-c2nc3c(c(N4CCOCC4)n2)CCN(C(=O)OC(C)(C)C)[C@H]3CCCC(=O)OCC)cc1. The van der Waals surface area contributed by atoms with Crippen molar-refractivity contribution in [3.63, 3.8) is 0 Å². The molecule has 24 nitrogen and oxygen atoms in total. The Kier molecular flexibility index (Phi) is 25.3. The molecule has 4 aromatic rings. The molecule has 0 bridgehead atoms. The lowest BCUT2D eigenvalue weighted by Gasteiger charge is -2.39. The third kappa shape index (κ3) is 19.6. The number of nitrogens with zero attached hydrogens (tertiary/aromatic N) is 8. The van der Waals surface area contributed by atoms with Crippen molar-refractivity contribution in [1.29, 1.82) is 0 Å². The highest BCUT2D eigenvalue weighted by molar-refractivity contribution is 5.90. The van der Waals surface area contributed by atoms with Crippen molar-refractivity contribution < 1.29 is 57.2 Å². The minimum absolute atomic E-state index is 0. The fraction of sp³-hybridized carbons (Fsp3) is 0.587. The standard InChI is InChI=1S/2C31H44N6O6.CH4/c2*1-6-32-29(39)33-22-13-11-21(12-14-22)27-34-26-23(28(35-27)36-17-19-41-20-18-36)15-16-37(30(40)43-31(3,4)5)24(26)9-8-10-25(38)42-7-2;/h2*11-14,24H,6-10,15-20H2,1-5H3,(H2,32,33,39);1H4/t2*24-;/m10./s1. The number of hydrogen-bond donors (Lipinski definition) is 4. The van der Waals surface area contributed by atoms with Crippen LogP contribution in [0.3, 0.4) is 0 Å². The predicted molar refractivity (Wildman–Crippen MR) is 333 cm³/mol. The highest BCUT2D eigenvalue weighted by Gasteiger charge is 2.40. The van der Waals surface area contributed by atoms with Gasteiger partial charge in [0.1, 0.15) is 22.8 Å². The molecule has 6 amide bonds. The van der Waals surface area contributed by atoms with Crippen molar-refractivity contribution in [1.82, 2.24) is 40.4 Å². The van der Waals surface area contributed by atoms with Gasteiger partial charge in [0.25, 0.3) is 0 Å². The van der Waals surface area contributed by atoms with Crippen LogP contribution in [-0.4, -0.2) is 169 Å². The van der Waals surface area contributed by atoms with E-state index in [2.05, 4.69) is 31.1 Å². The molecule has 2 aromatic carbocycles. The first kappa shape index (κ1) is 68.3. The summed E-state index contributed by atoms with van der Waals surface area (Å²) in [6, 6.07) is 13.4. The molecule has 2 atom stereocenters. The molecule has 0 unspecified atom stereocenters. The summed E-state index contributed by atoms with van der Waals surface area (Å²) in [5.74, 6) is 2.19. The van der Waals surface area contributed by atoms with E-state index in [1.54, 1.807) is 23.6 Å². The zero-order chi connectivity index (χ0) is 62.0. The van der Waals surface area contributed by atoms with E-state index in [1.807, 2.05) is 104 Å². The number of nitrogens with one attached hydrogen (secondary N) is 4. The molecule has 0 spiro atoms. The van der Waals surface area contributed by atoms with E-state index in [9.17, 15) is 28.8 Å². The van der Waals surface area contributed by atoms with Crippen molar-refractivity contribution in [3.05, 3.63) is 71.0 Å². The lowest BCUT2D eigenvalue weighted by atomic mass is 9.93. The van der Waals surface area contributed by atoms with Gasteiger partial charge in [0.15, 0.2) is 11.6 Å². The zero-order valence-electron chi connectivity index (χ0n) is 51.8. The lowest BCUT2D eigenvalue weighted by Crippen LogP contribution is -2.45. The van der Waals surface area contributed by atoms with Gasteiger partial charge in [-0.15, -0.1) is 0 Å². The molecule has 87 heavy (non-hydrogen) atoms. The number of esters is 2. The summed E-state index contributed by atoms with van der Waals surface area (Å²) in [4.78, 5) is 103. The van der Waals surface area contributed by atoms with Gasteiger partial charge in [-0.05, 0) is 156 Å². The third-order valence-electron chi connectivity index (χ3n) is 14.3. The number of urea groups is 2. The number of benzene rings is 2. The van der Waals surface area contributed by atoms with E-state index in [0.717, 1.165) is 45.3 Å². The number of amides is 6. The van der Waals surface area contributed by atoms with E-state index in [0.29, 0.717) is 154 Å². The number of rotatable bonds is 18. The van der Waals surface area contributed by atoms with Crippen LogP contribution in [-0.2, 0) is 50.9 Å². The largest absolute Gasteiger partial charge is 0.466 e. The van der Waals surface area contributed by atoms with Crippen LogP contribution in [0.1, 0.15) is 150 Å². The first-order chi connectivity index (χ1) is 41.2. The molecule has 2 fully saturated rings. The van der Waals surface area contributed by atoms with Crippen LogP contribution in [0.15, 0.2) is 48.5 Å². The van der Waals surface area contributed by atoms with E-state index >= 15 is 0 Å². The molecule has 0 aliphatic carbocycles. The lowest BCUT2D eigenvalue weighted by molar-refractivity contribution is -0.144. The Hall–Kier alpha value is -7.86. The maximum absolute atomic E-state index is 13.4. The first-order valence-corrected chi connectivity index (χ1v) is 30.3. The smallest absolute Gasteiger partial charge is 0.410 e. The Morgan fingerprint density at radius 1 is 0.529 bits per heavy atom. The number of aromatic nitrogens is 4. The molecular weight excluding hydrogens is 1120 g/mol. The Labute approximate surface area is 512 Å². The number of fused-ring (bicyclic) bond motifs is 2. The van der Waals surface area contributed by atoms with Crippen molar-refractivity contribution in [2.75, 3.05) is 112 Å². The maximum atomic E-state index is 13.4. The van der Waals surface area contributed by atoms with E-state index < -0.39 is 35.5 Å². The number of carbonyl (C=O) groups excluding carboxylic acids is 6. The number of hydrogen-bond acceptors (Lipinski definition) is 18. The van der Waals surface area contributed by atoms with Crippen LogP contribution in [0.4, 0.5) is 42.2 Å². The fourth-order valence-corrected chi connectivity index (χ4v) is 10.5. The molecule has 4 aliphatic rings. The van der Waals surface area contributed by atoms with Gasteiger partial charge in [-0.25, -0.2) is 39.1 Å². The van der Waals surface area contributed by atoms with Gasteiger partial charge in [0.2, 0.25) is 0 Å². The average molecular weight is 1210 g/mol. The van der Waals surface area contributed by atoms with Crippen LogP contribution in [0.2, 0.25) is 0 Å². The summed E-state index contributed by atoms with van der Waals surface area (Å²) in [6.07, 6.45) is 2.90. The monoisotopic (exact) mass is 1210 g/mol. The second kappa shape index (κ2) is 32.2. The number of carbonyl (C=O) groups is 6. The topological polar surface area (TPSA) is 270 Å². The van der Waals surface area contributed by atoms with E-state index in [-0.39, 0.29) is 44.3 Å². The van der Waals surface area contributed by atoms with Crippen LogP contribution >= 0.6 is 0 Å². The van der Waals surface area contributed by atoms with Gasteiger partial charge >= 0.3 is 36.2 Å². The van der Waals surface area contributed by atoms with Gasteiger partial charge in [-0.3, -0.25) is 19.4 Å². The van der Waals surface area contributed by atoms with Gasteiger partial charge in [-0.1, -0.05) is 7.43 Å². The highest BCUT2D eigenvalue weighted by atomic mass is 16.6. The van der Waals surface area contributed by atoms with Crippen LogP contribution in [0, 0.1) is 0 Å². The van der Waals surface area contributed by atoms with Crippen LogP contribution in [0.5, 0.6) is 0 Å². The maximum Gasteiger partial charge on any atom is 0.410 e. The summed E-state index contributed by atoms with van der Waals surface area (Å²) in [7, 11) is 0. The molecule has 0 radical (unpaired) electrons. The highest BCUT2D eigenvalue weighted by Crippen LogP contribution is 2.41. The van der Waals surface area contributed by atoms with Gasteiger partial charge in [0, 0.05) is 98.8 Å². The number of ether oxygens (including phenoxy) is 6. The van der Waals surface area contributed by atoms with Crippen molar-refractivity contribution >= 4 is 59.2 Å². The summed E-state index contributed by atoms with van der Waals surface area (Å²) in [5, 5.41) is 11.1. The Morgan fingerprint density at radius 3 is 1.21 bits per heavy atom. The first-order valence-electron chi connectivity index (χ1n) is 30.3. The molecule has 8 rings (SSSR count). The molecule has 0 saturated carbocycles. The summed E-state index contributed by atoms with van der Waals surface area (Å²) >= 11 is 0. The second-order valence-electron chi connectivity index (χ2n) is 23.1. The molecule has 2 aromatic heterocycles. The average Bonchev–Trinajstić information content (AvgIpc) is 0.903. The quantitative estimate of drug-likeness (QED) is 0.0533. The molecule has 4 aliphatic heterocycles. The van der Waals surface area contributed by atoms with Crippen molar-refractivity contribution in [3.8, 4) is 22.8 Å². The number of anilines is 4. The summed E-state index contributed by atoms with van der Waals surface area (Å²) < 4.78 is 33.1. The van der Waals surface area contributed by atoms with Crippen molar-refractivity contribution in [2.45, 2.75) is 151 Å². The summed E-state index contributed by atoms with van der Waals surface area (Å²) in [5.41, 5.74) is 5.05. The van der Waals surface area contributed by atoms with Gasteiger partial charge < -0.3 is 59.5 Å². The van der Waals surface area contributed by atoms with Crippen molar-refractivity contribution in [2.24, 2.45) is 0 Å². The van der Waals surface area contributed by atoms with Crippen LogP contribution < -0.4 is 31.1 Å². The predicted octanol–water partition coefficient (Wildman–Crippen LogP) is 10.0. The van der Waals surface area contributed by atoms with Gasteiger partial charge in [0.05, 0.1) is 63.1 Å². The summed E-state index contributed by atoms with van der Waals surface area (Å²) in [6.45, 7) is 26.2. The molecule has 6 heterocycles. The van der Waals surface area contributed by atoms with E-state index in [4.69, 9.17) is 48.4 Å². The van der Waals surface area contributed by atoms with Gasteiger partial charge in [-0.2, -0.15) is 0 Å². The molecule has 2 saturated heterocycles. The van der Waals surface area contributed by atoms with Crippen LogP contribution in [0.25, 0.3) is 22.8 Å². The number of morpholine rings is 2. The fourth-order valence-electron chi connectivity index (χ4n) is 10.5. The molecular formula is C63H92N12O12. The Bertz CT molecular complexity index is 2740. The molecule has 476 valence electrons. The Balaban J connectivity index is 0.000000275. The third-order valence-corrected chi connectivity index (χ3v) is 14.3. The minimum Gasteiger partial charge on any atom is -0.466 e. The zero-order valence-corrected chi connectivity index (χ0v) is 51.8.